The summed E-state index contributed by atoms with van der Waals surface area (Å²) in [5, 5.41) is 9.39. The Morgan fingerprint density at radius 1 is 1.07 bits per heavy atom. The fourth-order valence-electron chi connectivity index (χ4n) is 1.93. The van der Waals surface area contributed by atoms with Gasteiger partial charge in [0.15, 0.2) is 0 Å². The minimum Gasteiger partial charge on any atom is -0.359 e. The van der Waals surface area contributed by atoms with Gasteiger partial charge in [-0.3, -0.25) is 9.59 Å². The lowest BCUT2D eigenvalue weighted by molar-refractivity contribution is 0.0949. The summed E-state index contributed by atoms with van der Waals surface area (Å²) >= 11 is 1.37. The van der Waals surface area contributed by atoms with E-state index >= 15 is 0 Å². The molecule has 3 heterocycles. The monoisotopic (exact) mass is 223 g/mol. The highest BCUT2D eigenvalue weighted by Gasteiger charge is 2.30. The summed E-state index contributed by atoms with van der Waals surface area (Å²) in [5.41, 5.74) is 1.56. The molecule has 1 aromatic rings. The van der Waals surface area contributed by atoms with Gasteiger partial charge in [-0.15, -0.1) is 11.3 Å². The third-order valence-corrected chi connectivity index (χ3v) is 3.79. The molecule has 3 rings (SSSR count). The van der Waals surface area contributed by atoms with Gasteiger partial charge in [-0.25, -0.2) is 0 Å². The Kier molecular flexibility index (Phi) is 1.72. The molecule has 15 heavy (non-hydrogen) atoms. The van der Waals surface area contributed by atoms with Crippen molar-refractivity contribution >= 4 is 28.2 Å². The smallest absolute Gasteiger partial charge is 0.261 e. The Balaban J connectivity index is 2.21. The largest absolute Gasteiger partial charge is 0.359 e. The van der Waals surface area contributed by atoms with Crippen LogP contribution in [0.1, 0.15) is 25.6 Å². The molecule has 0 atom stereocenters. The SMILES string of the molecule is O=C1NCCc2c1sc1c2C(=O)NCN1. The van der Waals surface area contributed by atoms with Crippen LogP contribution in [0.4, 0.5) is 5.00 Å². The van der Waals surface area contributed by atoms with Crippen molar-refractivity contribution in [3.05, 3.63) is 16.0 Å². The van der Waals surface area contributed by atoms with Crippen molar-refractivity contribution in [3.63, 3.8) is 0 Å². The molecule has 0 spiro atoms. The maximum atomic E-state index is 11.6. The van der Waals surface area contributed by atoms with E-state index in [0.717, 1.165) is 17.0 Å². The lowest BCUT2D eigenvalue weighted by Crippen LogP contribution is -2.36. The predicted octanol–water partition coefficient (Wildman–Crippen LogP) is 0.147. The lowest BCUT2D eigenvalue weighted by atomic mass is 10.0. The molecule has 2 aliphatic heterocycles. The van der Waals surface area contributed by atoms with Crippen LogP contribution >= 0.6 is 11.3 Å². The molecule has 0 saturated carbocycles. The Morgan fingerprint density at radius 3 is 2.80 bits per heavy atom. The van der Waals surface area contributed by atoms with Crippen molar-refractivity contribution in [1.82, 2.24) is 10.6 Å². The number of fused-ring (bicyclic) bond motifs is 3. The zero-order chi connectivity index (χ0) is 10.4. The van der Waals surface area contributed by atoms with E-state index in [0.29, 0.717) is 23.7 Å². The van der Waals surface area contributed by atoms with E-state index in [2.05, 4.69) is 16.0 Å². The van der Waals surface area contributed by atoms with Crippen LogP contribution in [0.5, 0.6) is 0 Å². The highest BCUT2D eigenvalue weighted by atomic mass is 32.1. The molecule has 0 unspecified atom stereocenters. The van der Waals surface area contributed by atoms with Crippen molar-refractivity contribution < 1.29 is 9.59 Å². The van der Waals surface area contributed by atoms with Gasteiger partial charge < -0.3 is 16.0 Å². The van der Waals surface area contributed by atoms with Crippen molar-refractivity contribution in [1.29, 1.82) is 0 Å². The molecule has 1 aromatic heterocycles. The van der Waals surface area contributed by atoms with Gasteiger partial charge in [0.25, 0.3) is 11.8 Å². The second-order valence-corrected chi connectivity index (χ2v) is 4.50. The van der Waals surface area contributed by atoms with Crippen LogP contribution in [-0.4, -0.2) is 25.0 Å². The van der Waals surface area contributed by atoms with E-state index < -0.39 is 0 Å². The zero-order valence-electron chi connectivity index (χ0n) is 7.85. The minimum atomic E-state index is -0.0732. The van der Waals surface area contributed by atoms with Gasteiger partial charge in [-0.2, -0.15) is 0 Å². The molecule has 2 aliphatic rings. The van der Waals surface area contributed by atoms with Gasteiger partial charge in [0, 0.05) is 6.54 Å². The van der Waals surface area contributed by atoms with Gasteiger partial charge >= 0.3 is 0 Å². The van der Waals surface area contributed by atoms with E-state index in [-0.39, 0.29) is 11.8 Å². The number of nitrogens with one attached hydrogen (secondary N) is 3. The van der Waals surface area contributed by atoms with Crippen molar-refractivity contribution in [2.45, 2.75) is 6.42 Å². The molecule has 3 N–H and O–H groups in total. The van der Waals surface area contributed by atoms with Gasteiger partial charge in [-0.05, 0) is 12.0 Å². The number of carbonyl (C=O) groups excluding carboxylic acids is 2. The zero-order valence-corrected chi connectivity index (χ0v) is 8.66. The molecule has 6 heteroatoms. The first-order valence-corrected chi connectivity index (χ1v) is 5.55. The normalized spacial score (nSPS) is 18.4. The van der Waals surface area contributed by atoms with Crippen LogP contribution in [0.25, 0.3) is 0 Å². The summed E-state index contributed by atoms with van der Waals surface area (Å²) in [7, 11) is 0. The molecule has 0 aromatic carbocycles. The molecule has 78 valence electrons. The average molecular weight is 223 g/mol. The van der Waals surface area contributed by atoms with Gasteiger partial charge in [0.05, 0.1) is 17.1 Å². The fourth-order valence-corrected chi connectivity index (χ4v) is 3.08. The number of anilines is 1. The van der Waals surface area contributed by atoms with Crippen molar-refractivity contribution in [2.24, 2.45) is 0 Å². The molecule has 0 radical (unpaired) electrons. The maximum absolute atomic E-state index is 11.6. The molecular weight excluding hydrogens is 214 g/mol. The molecule has 0 saturated heterocycles. The third kappa shape index (κ3) is 1.14. The molecule has 0 fully saturated rings. The minimum absolute atomic E-state index is 0.0646. The molecule has 0 bridgehead atoms. The summed E-state index contributed by atoms with van der Waals surface area (Å²) in [4.78, 5) is 23.9. The molecule has 5 nitrogen and oxygen atoms in total. The van der Waals surface area contributed by atoms with Gasteiger partial charge in [0.1, 0.15) is 5.00 Å². The number of amides is 2. The second kappa shape index (κ2) is 2.96. The maximum Gasteiger partial charge on any atom is 0.261 e. The van der Waals surface area contributed by atoms with Crippen molar-refractivity contribution in [2.75, 3.05) is 18.5 Å². The topological polar surface area (TPSA) is 70.2 Å². The van der Waals surface area contributed by atoms with Crippen LogP contribution in [0.2, 0.25) is 0 Å². The molecule has 0 aliphatic carbocycles. The van der Waals surface area contributed by atoms with Crippen LogP contribution in [0.3, 0.4) is 0 Å². The average Bonchev–Trinajstić information content (AvgIpc) is 2.59. The highest BCUT2D eigenvalue weighted by Crippen LogP contribution is 2.36. The summed E-state index contributed by atoms with van der Waals surface area (Å²) in [6, 6.07) is 0. The van der Waals surface area contributed by atoms with Crippen molar-refractivity contribution in [3.8, 4) is 0 Å². The number of carbonyl (C=O) groups is 2. The Labute approximate surface area is 89.9 Å². The third-order valence-electron chi connectivity index (χ3n) is 2.60. The number of thiophene rings is 1. The van der Waals surface area contributed by atoms with E-state index in [1.807, 2.05) is 0 Å². The number of rotatable bonds is 0. The number of hydrogen-bond acceptors (Lipinski definition) is 4. The fraction of sp³-hybridized carbons (Fsp3) is 0.333. The molecule has 2 amide bonds. The standard InChI is InChI=1S/C9H9N3O2S/c13-7-5-4-1-2-10-8(14)6(4)15-9(5)12-3-11-7/h12H,1-3H2,(H,10,14)(H,11,13). The van der Waals surface area contributed by atoms with E-state index in [1.165, 1.54) is 11.3 Å². The Hall–Kier alpha value is -1.56. The highest BCUT2D eigenvalue weighted by molar-refractivity contribution is 7.18. The van der Waals surface area contributed by atoms with Crippen LogP contribution < -0.4 is 16.0 Å². The van der Waals surface area contributed by atoms with E-state index in [1.54, 1.807) is 0 Å². The lowest BCUT2D eigenvalue weighted by Gasteiger charge is -2.17. The summed E-state index contributed by atoms with van der Waals surface area (Å²) in [5.74, 6) is -0.138. The van der Waals surface area contributed by atoms with E-state index in [4.69, 9.17) is 0 Å². The Morgan fingerprint density at radius 2 is 1.93 bits per heavy atom. The van der Waals surface area contributed by atoms with Crippen LogP contribution in [0, 0.1) is 0 Å². The summed E-state index contributed by atoms with van der Waals surface area (Å²) < 4.78 is 0. The summed E-state index contributed by atoms with van der Waals surface area (Å²) in [6.07, 6.45) is 0.738. The second-order valence-electron chi connectivity index (χ2n) is 3.48. The quantitative estimate of drug-likeness (QED) is 0.586. The number of hydrogen-bond donors (Lipinski definition) is 3. The summed E-state index contributed by atoms with van der Waals surface area (Å²) in [6.45, 7) is 1.05. The molecular formula is C9H9N3O2S. The van der Waals surface area contributed by atoms with Gasteiger partial charge in [-0.1, -0.05) is 0 Å². The van der Waals surface area contributed by atoms with Crippen LogP contribution in [0.15, 0.2) is 0 Å². The Bertz CT molecular complexity index is 466. The first-order valence-electron chi connectivity index (χ1n) is 4.73. The van der Waals surface area contributed by atoms with E-state index in [9.17, 15) is 9.59 Å². The first-order chi connectivity index (χ1) is 7.27. The predicted molar refractivity (Wildman–Crippen MR) is 56.3 cm³/mol. The van der Waals surface area contributed by atoms with Gasteiger partial charge in [0.2, 0.25) is 0 Å². The van der Waals surface area contributed by atoms with Crippen LogP contribution in [-0.2, 0) is 6.42 Å². The first kappa shape index (κ1) is 8.72.